The van der Waals surface area contributed by atoms with Gasteiger partial charge in [-0.15, -0.1) is 5.10 Å². The molecule has 4 rings (SSSR count). The zero-order valence-corrected chi connectivity index (χ0v) is 19.3. The maximum atomic E-state index is 5.28. The Morgan fingerprint density at radius 3 is 2.00 bits per heavy atom. The van der Waals surface area contributed by atoms with E-state index in [1.54, 1.807) is 14.2 Å². The minimum absolute atomic E-state index is 0.168. The Bertz CT molecular complexity index is 978. The molecule has 0 saturated carbocycles. The molecule has 8 nitrogen and oxygen atoms in total. The van der Waals surface area contributed by atoms with Gasteiger partial charge in [-0.3, -0.25) is 4.90 Å². The Balaban J connectivity index is 1.46. The van der Waals surface area contributed by atoms with Crippen molar-refractivity contribution in [1.82, 2.24) is 25.1 Å². The number of methoxy groups -OCH3 is 2. The second kappa shape index (κ2) is 9.99. The summed E-state index contributed by atoms with van der Waals surface area (Å²) in [6, 6.07) is 16.5. The van der Waals surface area contributed by atoms with Gasteiger partial charge in [-0.1, -0.05) is 26.0 Å². The first-order chi connectivity index (χ1) is 15.6. The maximum Gasteiger partial charge on any atom is 0.169 e. The smallest absolute Gasteiger partial charge is 0.169 e. The molecule has 0 spiro atoms. The first kappa shape index (κ1) is 22.1. The van der Waals surface area contributed by atoms with Gasteiger partial charge in [0, 0.05) is 31.9 Å². The number of nitrogens with zero attached hydrogens (tertiary/aromatic N) is 6. The number of anilines is 1. The van der Waals surface area contributed by atoms with Crippen molar-refractivity contribution in [3.05, 3.63) is 59.9 Å². The quantitative estimate of drug-likeness (QED) is 0.537. The minimum atomic E-state index is 0.168. The second-order valence-electron chi connectivity index (χ2n) is 8.45. The zero-order chi connectivity index (χ0) is 22.5. The third-order valence-corrected chi connectivity index (χ3v) is 6.09. The SMILES string of the molecule is COc1ccc(Cn2nnnc2[C@H](C(C)C)N2CCN(c3ccc(OC)cc3)CC2)cc1. The van der Waals surface area contributed by atoms with E-state index < -0.39 is 0 Å². The van der Waals surface area contributed by atoms with Crippen LogP contribution >= 0.6 is 0 Å². The molecule has 1 atom stereocenters. The number of rotatable bonds is 8. The number of hydrogen-bond acceptors (Lipinski definition) is 7. The average molecular weight is 437 g/mol. The van der Waals surface area contributed by atoms with Gasteiger partial charge in [0.2, 0.25) is 0 Å². The largest absolute Gasteiger partial charge is 0.497 e. The third-order valence-electron chi connectivity index (χ3n) is 6.09. The van der Waals surface area contributed by atoms with E-state index in [0.717, 1.165) is 49.1 Å². The fourth-order valence-corrected chi connectivity index (χ4v) is 4.37. The van der Waals surface area contributed by atoms with Gasteiger partial charge in [0.15, 0.2) is 5.82 Å². The molecule has 8 heteroatoms. The third kappa shape index (κ3) is 4.85. The molecule has 0 N–H and O–H groups in total. The van der Waals surface area contributed by atoms with Crippen molar-refractivity contribution < 1.29 is 9.47 Å². The van der Waals surface area contributed by atoms with Gasteiger partial charge in [-0.05, 0) is 58.3 Å². The number of piperazine rings is 1. The van der Waals surface area contributed by atoms with Crippen LogP contribution in [-0.2, 0) is 6.54 Å². The summed E-state index contributed by atoms with van der Waals surface area (Å²) in [4.78, 5) is 4.94. The molecular weight excluding hydrogens is 404 g/mol. The lowest BCUT2D eigenvalue weighted by atomic mass is 10.0. The van der Waals surface area contributed by atoms with Crippen LogP contribution in [-0.4, -0.2) is 65.5 Å². The fraction of sp³-hybridized carbons (Fsp3) is 0.458. The number of benzene rings is 2. The highest BCUT2D eigenvalue weighted by atomic mass is 16.5. The average Bonchev–Trinajstić information content (AvgIpc) is 3.27. The van der Waals surface area contributed by atoms with Crippen LogP contribution in [0.3, 0.4) is 0 Å². The Hall–Kier alpha value is -3.13. The van der Waals surface area contributed by atoms with Crippen LogP contribution in [0.2, 0.25) is 0 Å². The van der Waals surface area contributed by atoms with Crippen molar-refractivity contribution in [3.63, 3.8) is 0 Å². The Labute approximate surface area is 189 Å². The standard InChI is InChI=1S/C24H32N6O2/c1-18(2)23(24-25-26-27-30(24)17-19-5-9-21(31-3)10-6-19)29-15-13-28(14-16-29)20-7-11-22(32-4)12-8-20/h5-12,18,23H,13-17H2,1-4H3/t23-/m0/s1. The first-order valence-electron chi connectivity index (χ1n) is 11.1. The van der Waals surface area contributed by atoms with E-state index in [-0.39, 0.29) is 6.04 Å². The first-order valence-corrected chi connectivity index (χ1v) is 11.1. The van der Waals surface area contributed by atoms with Gasteiger partial charge in [0.1, 0.15) is 11.5 Å². The van der Waals surface area contributed by atoms with Gasteiger partial charge < -0.3 is 14.4 Å². The molecule has 1 saturated heterocycles. The lowest BCUT2D eigenvalue weighted by Gasteiger charge is -2.41. The lowest BCUT2D eigenvalue weighted by molar-refractivity contribution is 0.135. The van der Waals surface area contributed by atoms with Crippen molar-refractivity contribution in [2.45, 2.75) is 26.4 Å². The highest BCUT2D eigenvalue weighted by Crippen LogP contribution is 2.29. The molecule has 2 heterocycles. The molecule has 170 valence electrons. The molecule has 1 aromatic heterocycles. The van der Waals surface area contributed by atoms with E-state index in [1.165, 1.54) is 5.69 Å². The van der Waals surface area contributed by atoms with E-state index in [2.05, 4.69) is 63.4 Å². The van der Waals surface area contributed by atoms with Gasteiger partial charge in [-0.25, -0.2) is 4.68 Å². The molecule has 1 aliphatic heterocycles. The van der Waals surface area contributed by atoms with Crippen LogP contribution in [0.1, 0.15) is 31.3 Å². The summed E-state index contributed by atoms with van der Waals surface area (Å²) in [7, 11) is 3.37. The van der Waals surface area contributed by atoms with Gasteiger partial charge in [0.05, 0.1) is 26.8 Å². The minimum Gasteiger partial charge on any atom is -0.497 e. The van der Waals surface area contributed by atoms with Crippen molar-refractivity contribution in [2.24, 2.45) is 5.92 Å². The van der Waals surface area contributed by atoms with Crippen LogP contribution in [0.15, 0.2) is 48.5 Å². The predicted octanol–water partition coefficient (Wildman–Crippen LogP) is 3.26. The highest BCUT2D eigenvalue weighted by molar-refractivity contribution is 5.49. The summed E-state index contributed by atoms with van der Waals surface area (Å²) in [5.41, 5.74) is 2.38. The van der Waals surface area contributed by atoms with Gasteiger partial charge in [-0.2, -0.15) is 0 Å². The van der Waals surface area contributed by atoms with Crippen LogP contribution in [0.25, 0.3) is 0 Å². The fourth-order valence-electron chi connectivity index (χ4n) is 4.37. The Kier molecular flexibility index (Phi) is 6.90. The van der Waals surface area contributed by atoms with Gasteiger partial charge >= 0.3 is 0 Å². The summed E-state index contributed by atoms with van der Waals surface area (Å²) < 4.78 is 12.5. The highest BCUT2D eigenvalue weighted by Gasteiger charge is 2.31. The normalized spacial score (nSPS) is 15.7. The van der Waals surface area contributed by atoms with Crippen molar-refractivity contribution >= 4 is 5.69 Å². The predicted molar refractivity (Wildman–Crippen MR) is 124 cm³/mol. The van der Waals surface area contributed by atoms with Crippen molar-refractivity contribution in [3.8, 4) is 11.5 Å². The molecule has 3 aromatic rings. The molecule has 1 aliphatic rings. The summed E-state index contributed by atoms with van der Waals surface area (Å²) in [5.74, 6) is 3.05. The monoisotopic (exact) mass is 436 g/mol. The molecule has 32 heavy (non-hydrogen) atoms. The van der Waals surface area contributed by atoms with Crippen molar-refractivity contribution in [1.29, 1.82) is 0 Å². The summed E-state index contributed by atoms with van der Waals surface area (Å²) >= 11 is 0. The van der Waals surface area contributed by atoms with E-state index in [9.17, 15) is 0 Å². The van der Waals surface area contributed by atoms with Crippen LogP contribution in [0.5, 0.6) is 11.5 Å². The second-order valence-corrected chi connectivity index (χ2v) is 8.45. The number of tetrazole rings is 1. The van der Waals surface area contributed by atoms with Crippen LogP contribution in [0, 0.1) is 5.92 Å². The van der Waals surface area contributed by atoms with Gasteiger partial charge in [0.25, 0.3) is 0 Å². The summed E-state index contributed by atoms with van der Waals surface area (Å²) in [6.07, 6.45) is 0. The molecule has 0 unspecified atom stereocenters. The van der Waals surface area contributed by atoms with Crippen LogP contribution < -0.4 is 14.4 Å². The molecule has 2 aromatic carbocycles. The molecule has 0 amide bonds. The molecule has 0 aliphatic carbocycles. The maximum absolute atomic E-state index is 5.28. The molecular formula is C24H32N6O2. The van der Waals surface area contributed by atoms with E-state index in [1.807, 2.05) is 28.9 Å². The van der Waals surface area contributed by atoms with Crippen molar-refractivity contribution in [2.75, 3.05) is 45.3 Å². The molecule has 0 radical (unpaired) electrons. The molecule has 0 bridgehead atoms. The lowest BCUT2D eigenvalue weighted by Crippen LogP contribution is -2.49. The Morgan fingerprint density at radius 1 is 0.844 bits per heavy atom. The van der Waals surface area contributed by atoms with E-state index in [0.29, 0.717) is 12.5 Å². The summed E-state index contributed by atoms with van der Waals surface area (Å²) in [5, 5.41) is 12.8. The number of aromatic nitrogens is 4. The van der Waals surface area contributed by atoms with Crippen LogP contribution in [0.4, 0.5) is 5.69 Å². The van der Waals surface area contributed by atoms with E-state index in [4.69, 9.17) is 9.47 Å². The zero-order valence-electron chi connectivity index (χ0n) is 19.3. The summed E-state index contributed by atoms with van der Waals surface area (Å²) in [6.45, 7) is 8.99. The van der Waals surface area contributed by atoms with E-state index >= 15 is 0 Å². The number of ether oxygens (including phenoxy) is 2. The molecule has 1 fully saturated rings. The number of hydrogen-bond donors (Lipinski definition) is 0. The Morgan fingerprint density at radius 2 is 1.44 bits per heavy atom. The topological polar surface area (TPSA) is 68.5 Å².